The van der Waals surface area contributed by atoms with Gasteiger partial charge >= 0.3 is 0 Å². The van der Waals surface area contributed by atoms with Gasteiger partial charge in [0, 0.05) is 6.61 Å². The van der Waals surface area contributed by atoms with Crippen LogP contribution in [0.5, 0.6) is 0 Å². The highest BCUT2D eigenvalue weighted by molar-refractivity contribution is 6.99. The minimum Gasteiger partial charge on any atom is -0.407 e. The molecule has 0 fully saturated rings. The van der Waals surface area contributed by atoms with Crippen molar-refractivity contribution in [2.24, 2.45) is 5.92 Å². The second-order valence-electron chi connectivity index (χ2n) is 12.6. The average Bonchev–Trinajstić information content (AvgIpc) is 2.98. The van der Waals surface area contributed by atoms with Gasteiger partial charge in [0.15, 0.2) is 0 Å². The lowest BCUT2D eigenvalue weighted by Gasteiger charge is -2.43. The summed E-state index contributed by atoms with van der Waals surface area (Å²) in [7, 11) is -2.47. The summed E-state index contributed by atoms with van der Waals surface area (Å²) in [6.07, 6.45) is 16.9. The van der Waals surface area contributed by atoms with Crippen molar-refractivity contribution < 1.29 is 4.43 Å². The van der Waals surface area contributed by atoms with Gasteiger partial charge in [-0.05, 0) is 52.6 Å². The standard InChI is InChI=1S/C39H54OSi/c1-6-7-8-9-10-18-27-36(33-35-25-16-11-17-26-35)34(2)24-15-14-23-32-40-41(39(3,4)5,37-28-19-12-20-29-37)38-30-21-13-22-31-38/h11-17,19-22,25-26,28-31,36H,2,6-10,18,23-24,27,32-33H2,1,3-5H3/b15-14+. The molecule has 3 aromatic rings. The van der Waals surface area contributed by atoms with Gasteiger partial charge in [-0.15, -0.1) is 0 Å². The molecular formula is C39H54OSi. The molecule has 2 heteroatoms. The predicted molar refractivity (Wildman–Crippen MR) is 183 cm³/mol. The van der Waals surface area contributed by atoms with E-state index >= 15 is 0 Å². The first-order valence-electron chi connectivity index (χ1n) is 16.0. The van der Waals surface area contributed by atoms with Crippen LogP contribution in [0, 0.1) is 5.92 Å². The van der Waals surface area contributed by atoms with Gasteiger partial charge in [-0.25, -0.2) is 0 Å². The van der Waals surface area contributed by atoms with Gasteiger partial charge in [-0.3, -0.25) is 0 Å². The van der Waals surface area contributed by atoms with Crippen LogP contribution in [0.2, 0.25) is 5.04 Å². The van der Waals surface area contributed by atoms with Crippen molar-refractivity contribution in [3.8, 4) is 0 Å². The molecule has 1 unspecified atom stereocenters. The van der Waals surface area contributed by atoms with Crippen LogP contribution in [0.15, 0.2) is 115 Å². The lowest BCUT2D eigenvalue weighted by Crippen LogP contribution is -2.66. The lowest BCUT2D eigenvalue weighted by atomic mass is 9.86. The second-order valence-corrected chi connectivity index (χ2v) is 16.9. The fraction of sp³-hybridized carbons (Fsp3) is 0.436. The molecule has 3 aromatic carbocycles. The van der Waals surface area contributed by atoms with Gasteiger partial charge in [-0.1, -0.05) is 182 Å². The van der Waals surface area contributed by atoms with Crippen molar-refractivity contribution in [2.45, 2.75) is 96.9 Å². The molecule has 0 aliphatic heterocycles. The molecule has 41 heavy (non-hydrogen) atoms. The SMILES string of the molecule is C=C(C/C=C/CCO[Si](c1ccccc1)(c1ccccc1)C(C)(C)C)C(CCCCCCCC)Cc1ccccc1. The van der Waals surface area contributed by atoms with E-state index < -0.39 is 8.32 Å². The maximum atomic E-state index is 7.06. The average molecular weight is 567 g/mol. The number of benzene rings is 3. The van der Waals surface area contributed by atoms with Crippen molar-refractivity contribution in [1.82, 2.24) is 0 Å². The zero-order chi connectivity index (χ0) is 29.4. The molecule has 0 saturated carbocycles. The third kappa shape index (κ3) is 9.97. The topological polar surface area (TPSA) is 9.23 Å². The Kier molecular flexibility index (Phi) is 13.9. The summed E-state index contributed by atoms with van der Waals surface area (Å²) >= 11 is 0. The number of hydrogen-bond donors (Lipinski definition) is 0. The van der Waals surface area contributed by atoms with E-state index in [9.17, 15) is 0 Å². The maximum absolute atomic E-state index is 7.06. The summed E-state index contributed by atoms with van der Waals surface area (Å²) in [5.41, 5.74) is 2.79. The van der Waals surface area contributed by atoms with Gasteiger partial charge in [0.2, 0.25) is 0 Å². The maximum Gasteiger partial charge on any atom is 0.261 e. The molecule has 0 bridgehead atoms. The smallest absolute Gasteiger partial charge is 0.261 e. The van der Waals surface area contributed by atoms with Crippen LogP contribution in [0.3, 0.4) is 0 Å². The minimum atomic E-state index is -2.47. The van der Waals surface area contributed by atoms with E-state index in [1.54, 1.807) is 0 Å². The molecule has 220 valence electrons. The van der Waals surface area contributed by atoms with Crippen LogP contribution in [0.25, 0.3) is 0 Å². The molecule has 0 N–H and O–H groups in total. The molecule has 3 rings (SSSR count). The van der Waals surface area contributed by atoms with Gasteiger partial charge in [0.05, 0.1) is 0 Å². The van der Waals surface area contributed by atoms with Crippen LogP contribution in [-0.2, 0) is 10.8 Å². The molecule has 0 amide bonds. The van der Waals surface area contributed by atoms with E-state index in [1.165, 1.54) is 66.5 Å². The highest BCUT2D eigenvalue weighted by Gasteiger charge is 2.49. The Hall–Kier alpha value is -2.68. The van der Waals surface area contributed by atoms with Gasteiger partial charge in [0.1, 0.15) is 0 Å². The number of rotatable bonds is 18. The minimum absolute atomic E-state index is 0.00884. The summed E-state index contributed by atoms with van der Waals surface area (Å²) in [5, 5.41) is 2.69. The molecule has 0 saturated heterocycles. The zero-order valence-corrected chi connectivity index (χ0v) is 27.3. The van der Waals surface area contributed by atoms with Crippen molar-refractivity contribution in [3.05, 3.63) is 121 Å². The molecule has 0 heterocycles. The monoisotopic (exact) mass is 566 g/mol. The zero-order valence-electron chi connectivity index (χ0n) is 26.3. The normalized spacial score (nSPS) is 13.0. The molecule has 0 aliphatic rings. The third-order valence-corrected chi connectivity index (χ3v) is 13.4. The van der Waals surface area contributed by atoms with Crippen LogP contribution < -0.4 is 10.4 Å². The van der Waals surface area contributed by atoms with E-state index in [4.69, 9.17) is 4.43 Å². The van der Waals surface area contributed by atoms with Crippen molar-refractivity contribution in [1.29, 1.82) is 0 Å². The Bertz CT molecular complexity index is 1100. The fourth-order valence-electron chi connectivity index (χ4n) is 6.08. The summed E-state index contributed by atoms with van der Waals surface area (Å²) in [5.74, 6) is 0.543. The van der Waals surface area contributed by atoms with Crippen LogP contribution >= 0.6 is 0 Å². The number of unbranched alkanes of at least 4 members (excludes halogenated alkanes) is 5. The Labute approximate surface area is 252 Å². The first-order chi connectivity index (χ1) is 19.9. The highest BCUT2D eigenvalue weighted by Crippen LogP contribution is 2.36. The largest absolute Gasteiger partial charge is 0.407 e. The molecule has 0 aliphatic carbocycles. The molecule has 0 aromatic heterocycles. The van der Waals surface area contributed by atoms with Gasteiger partial charge in [0.25, 0.3) is 8.32 Å². The number of hydrogen-bond acceptors (Lipinski definition) is 1. The van der Waals surface area contributed by atoms with E-state index in [-0.39, 0.29) is 5.04 Å². The van der Waals surface area contributed by atoms with E-state index in [0.717, 1.165) is 25.9 Å². The Balaban J connectivity index is 1.61. The quantitative estimate of drug-likeness (QED) is 0.0845. The van der Waals surface area contributed by atoms with Gasteiger partial charge in [-0.2, -0.15) is 0 Å². The van der Waals surface area contributed by atoms with E-state index in [1.807, 2.05) is 0 Å². The summed E-state index contributed by atoms with van der Waals surface area (Å²) in [6, 6.07) is 32.8. The Morgan fingerprint density at radius 2 is 1.29 bits per heavy atom. The Morgan fingerprint density at radius 3 is 1.85 bits per heavy atom. The second kappa shape index (κ2) is 17.3. The molecule has 1 nitrogen and oxygen atoms in total. The number of allylic oxidation sites excluding steroid dienone is 2. The van der Waals surface area contributed by atoms with Crippen LogP contribution in [0.1, 0.15) is 91.0 Å². The Morgan fingerprint density at radius 1 is 0.756 bits per heavy atom. The third-order valence-electron chi connectivity index (χ3n) is 8.38. The fourth-order valence-corrected chi connectivity index (χ4v) is 10.7. The molecule has 0 spiro atoms. The van der Waals surface area contributed by atoms with Gasteiger partial charge < -0.3 is 4.43 Å². The summed E-state index contributed by atoms with van der Waals surface area (Å²) in [4.78, 5) is 0. The first-order valence-corrected chi connectivity index (χ1v) is 17.9. The molecular weight excluding hydrogens is 513 g/mol. The van der Waals surface area contributed by atoms with E-state index in [2.05, 4.69) is 137 Å². The van der Waals surface area contributed by atoms with Crippen molar-refractivity contribution in [3.63, 3.8) is 0 Å². The highest BCUT2D eigenvalue weighted by atomic mass is 28.4. The van der Waals surface area contributed by atoms with Crippen molar-refractivity contribution >= 4 is 18.7 Å². The van der Waals surface area contributed by atoms with E-state index in [0.29, 0.717) is 5.92 Å². The van der Waals surface area contributed by atoms with Crippen LogP contribution in [0.4, 0.5) is 0 Å². The summed E-state index contributed by atoms with van der Waals surface area (Å²) in [6.45, 7) is 14.6. The van der Waals surface area contributed by atoms with Crippen LogP contribution in [-0.4, -0.2) is 14.9 Å². The predicted octanol–water partition coefficient (Wildman–Crippen LogP) is 10.1. The lowest BCUT2D eigenvalue weighted by molar-refractivity contribution is 0.304. The first kappa shape index (κ1) is 32.8. The molecule has 0 radical (unpaired) electrons. The van der Waals surface area contributed by atoms with Crippen molar-refractivity contribution in [2.75, 3.05) is 6.61 Å². The summed E-state index contributed by atoms with van der Waals surface area (Å²) < 4.78 is 7.06. The molecule has 1 atom stereocenters.